The van der Waals surface area contributed by atoms with Gasteiger partial charge in [0.15, 0.2) is 0 Å². The molecular weight excluding hydrogens is 169 g/mol. The topological polar surface area (TPSA) is 40.9 Å². The summed E-state index contributed by atoms with van der Waals surface area (Å²) in [6.45, 7) is 1.64. The van der Waals surface area contributed by atoms with Crippen molar-refractivity contribution >= 4 is 6.29 Å². The van der Waals surface area contributed by atoms with Crippen LogP contribution in [0.3, 0.4) is 0 Å². The first-order valence-corrected chi connectivity index (χ1v) is 3.82. The van der Waals surface area contributed by atoms with Crippen LogP contribution in [0.15, 0.2) is 12.1 Å². The molecule has 0 saturated carbocycles. The summed E-state index contributed by atoms with van der Waals surface area (Å²) < 4.78 is 13.0. The molecule has 0 unspecified atom stereocenters. The van der Waals surface area contributed by atoms with Crippen molar-refractivity contribution in [3.63, 3.8) is 0 Å². The highest BCUT2D eigenvalue weighted by Gasteiger charge is 2.08. The molecule has 0 atom stereocenters. The molecule has 0 spiro atoms. The first-order chi connectivity index (χ1) is 6.20. The van der Waals surface area contributed by atoms with E-state index in [1.807, 2.05) is 0 Å². The van der Waals surface area contributed by atoms with Crippen molar-refractivity contribution in [2.75, 3.05) is 0 Å². The molecule has 1 rings (SSSR count). The normalized spacial score (nSPS) is 9.31. The zero-order valence-corrected chi connectivity index (χ0v) is 7.17. The second-order valence-corrected chi connectivity index (χ2v) is 2.69. The zero-order valence-electron chi connectivity index (χ0n) is 7.17. The molecule has 0 bridgehead atoms. The molecule has 0 N–H and O–H groups in total. The summed E-state index contributed by atoms with van der Waals surface area (Å²) >= 11 is 0. The lowest BCUT2D eigenvalue weighted by molar-refractivity contribution is -0.107. The van der Waals surface area contributed by atoms with E-state index in [1.54, 1.807) is 13.0 Å². The van der Waals surface area contributed by atoms with Gasteiger partial charge in [0.05, 0.1) is 5.56 Å². The van der Waals surface area contributed by atoms with Gasteiger partial charge in [0, 0.05) is 6.42 Å². The molecule has 0 radical (unpaired) electrons. The monoisotopic (exact) mass is 177 g/mol. The Hall–Kier alpha value is -1.69. The fourth-order valence-electron chi connectivity index (χ4n) is 1.17. The molecule has 3 heteroatoms. The Morgan fingerprint density at radius 2 is 2.31 bits per heavy atom. The van der Waals surface area contributed by atoms with Crippen molar-refractivity contribution in [1.29, 1.82) is 5.26 Å². The van der Waals surface area contributed by atoms with E-state index in [1.165, 1.54) is 12.1 Å². The number of hydrogen-bond acceptors (Lipinski definition) is 2. The third kappa shape index (κ3) is 1.73. The predicted octanol–water partition coefficient (Wildman–Crippen LogP) is 1.75. The SMILES string of the molecule is Cc1c(CC=O)ccc(F)c1C#N. The number of halogens is 1. The molecule has 0 saturated heterocycles. The quantitative estimate of drug-likeness (QED) is 0.645. The number of nitrogens with zero attached hydrogens (tertiary/aromatic N) is 1. The number of rotatable bonds is 2. The van der Waals surface area contributed by atoms with E-state index >= 15 is 0 Å². The van der Waals surface area contributed by atoms with Crippen LogP contribution in [0.2, 0.25) is 0 Å². The van der Waals surface area contributed by atoms with E-state index < -0.39 is 5.82 Å². The van der Waals surface area contributed by atoms with Crippen LogP contribution in [0.5, 0.6) is 0 Å². The van der Waals surface area contributed by atoms with Gasteiger partial charge in [-0.25, -0.2) is 4.39 Å². The van der Waals surface area contributed by atoms with Crippen molar-refractivity contribution in [1.82, 2.24) is 0 Å². The van der Waals surface area contributed by atoms with Crippen LogP contribution in [0.4, 0.5) is 4.39 Å². The minimum atomic E-state index is -0.533. The maximum absolute atomic E-state index is 13.0. The molecule has 1 aromatic rings. The van der Waals surface area contributed by atoms with E-state index in [2.05, 4.69) is 0 Å². The molecule has 13 heavy (non-hydrogen) atoms. The third-order valence-corrected chi connectivity index (χ3v) is 1.94. The first kappa shape index (κ1) is 9.40. The second-order valence-electron chi connectivity index (χ2n) is 2.69. The van der Waals surface area contributed by atoms with E-state index in [-0.39, 0.29) is 12.0 Å². The highest BCUT2D eigenvalue weighted by atomic mass is 19.1. The van der Waals surface area contributed by atoms with Crippen molar-refractivity contribution in [3.8, 4) is 6.07 Å². The molecule has 0 heterocycles. The predicted molar refractivity (Wildman–Crippen MR) is 45.6 cm³/mol. The lowest BCUT2D eigenvalue weighted by Crippen LogP contribution is -1.96. The van der Waals surface area contributed by atoms with Gasteiger partial charge in [-0.05, 0) is 24.1 Å². The summed E-state index contributed by atoms with van der Waals surface area (Å²) in [7, 11) is 0. The maximum Gasteiger partial charge on any atom is 0.141 e. The Bertz CT molecular complexity index is 379. The number of nitriles is 1. The third-order valence-electron chi connectivity index (χ3n) is 1.94. The van der Waals surface area contributed by atoms with Crippen LogP contribution in [-0.2, 0) is 11.2 Å². The van der Waals surface area contributed by atoms with Gasteiger partial charge in [0.1, 0.15) is 18.2 Å². The molecule has 66 valence electrons. The van der Waals surface area contributed by atoms with Gasteiger partial charge < -0.3 is 4.79 Å². The molecule has 0 amide bonds. The molecular formula is C10H8FNO. The zero-order chi connectivity index (χ0) is 9.84. The minimum Gasteiger partial charge on any atom is -0.303 e. The van der Waals surface area contributed by atoms with Crippen LogP contribution in [-0.4, -0.2) is 6.29 Å². The smallest absolute Gasteiger partial charge is 0.141 e. The summed E-state index contributed by atoms with van der Waals surface area (Å²) in [4.78, 5) is 10.2. The van der Waals surface area contributed by atoms with Gasteiger partial charge in [-0.1, -0.05) is 6.07 Å². The van der Waals surface area contributed by atoms with Gasteiger partial charge in [-0.3, -0.25) is 0 Å². The van der Waals surface area contributed by atoms with Crippen LogP contribution < -0.4 is 0 Å². The molecule has 0 aliphatic rings. The first-order valence-electron chi connectivity index (χ1n) is 3.82. The van der Waals surface area contributed by atoms with E-state index in [0.29, 0.717) is 11.1 Å². The van der Waals surface area contributed by atoms with E-state index in [0.717, 1.165) is 6.29 Å². The number of carbonyl (C=O) groups is 1. The molecule has 1 aromatic carbocycles. The molecule has 0 aliphatic carbocycles. The largest absolute Gasteiger partial charge is 0.303 e. The van der Waals surface area contributed by atoms with Crippen LogP contribution in [0.25, 0.3) is 0 Å². The second kappa shape index (κ2) is 3.81. The number of aldehydes is 1. The van der Waals surface area contributed by atoms with Crippen molar-refractivity contribution in [2.24, 2.45) is 0 Å². The number of hydrogen-bond donors (Lipinski definition) is 0. The molecule has 0 fully saturated rings. The van der Waals surface area contributed by atoms with Gasteiger partial charge >= 0.3 is 0 Å². The average Bonchev–Trinajstić information content (AvgIpc) is 2.11. The fraction of sp³-hybridized carbons (Fsp3) is 0.200. The highest BCUT2D eigenvalue weighted by molar-refractivity contribution is 5.58. The van der Waals surface area contributed by atoms with Crippen LogP contribution in [0, 0.1) is 24.1 Å². The fourth-order valence-corrected chi connectivity index (χ4v) is 1.17. The number of benzene rings is 1. The van der Waals surface area contributed by atoms with E-state index in [4.69, 9.17) is 5.26 Å². The van der Waals surface area contributed by atoms with Gasteiger partial charge in [-0.2, -0.15) is 5.26 Å². The van der Waals surface area contributed by atoms with E-state index in [9.17, 15) is 9.18 Å². The summed E-state index contributed by atoms with van der Waals surface area (Å²) in [6, 6.07) is 4.51. The summed E-state index contributed by atoms with van der Waals surface area (Å²) in [5, 5.41) is 8.61. The minimum absolute atomic E-state index is 0.0272. The van der Waals surface area contributed by atoms with Crippen molar-refractivity contribution in [2.45, 2.75) is 13.3 Å². The van der Waals surface area contributed by atoms with Crippen LogP contribution >= 0.6 is 0 Å². The Kier molecular flexibility index (Phi) is 2.76. The Morgan fingerprint density at radius 3 is 2.85 bits per heavy atom. The summed E-state index contributed by atoms with van der Waals surface area (Å²) in [5.74, 6) is -0.533. The van der Waals surface area contributed by atoms with Gasteiger partial charge in [0.25, 0.3) is 0 Å². The Morgan fingerprint density at radius 1 is 1.62 bits per heavy atom. The van der Waals surface area contributed by atoms with Crippen molar-refractivity contribution < 1.29 is 9.18 Å². The Balaban J connectivity index is 3.29. The van der Waals surface area contributed by atoms with Gasteiger partial charge in [-0.15, -0.1) is 0 Å². The molecule has 0 aromatic heterocycles. The van der Waals surface area contributed by atoms with Crippen molar-refractivity contribution in [3.05, 3.63) is 34.6 Å². The Labute approximate surface area is 75.6 Å². The highest BCUT2D eigenvalue weighted by Crippen LogP contribution is 2.16. The molecule has 0 aliphatic heterocycles. The summed E-state index contributed by atoms with van der Waals surface area (Å²) in [5.41, 5.74) is 1.28. The average molecular weight is 177 g/mol. The van der Waals surface area contributed by atoms with Gasteiger partial charge in [0.2, 0.25) is 0 Å². The van der Waals surface area contributed by atoms with Crippen LogP contribution in [0.1, 0.15) is 16.7 Å². The maximum atomic E-state index is 13.0. The summed E-state index contributed by atoms with van der Waals surface area (Å²) in [6.07, 6.45) is 0.961. The molecule has 2 nitrogen and oxygen atoms in total. The standard InChI is InChI=1S/C10H8FNO/c1-7-8(4-5-13)2-3-10(11)9(7)6-12/h2-3,5H,4H2,1H3. The lowest BCUT2D eigenvalue weighted by atomic mass is 10.0. The lowest BCUT2D eigenvalue weighted by Gasteiger charge is -2.03. The number of carbonyl (C=O) groups excluding carboxylic acids is 1.